The zero-order valence-corrected chi connectivity index (χ0v) is 20.8. The first-order valence-corrected chi connectivity index (χ1v) is 12.1. The third-order valence-corrected chi connectivity index (χ3v) is 6.38. The Morgan fingerprint density at radius 2 is 1.97 bits per heavy atom. The third-order valence-electron chi connectivity index (χ3n) is 6.38. The lowest BCUT2D eigenvalue weighted by atomic mass is 10.2. The Labute approximate surface area is 203 Å². The van der Waals surface area contributed by atoms with E-state index in [1.807, 2.05) is 6.92 Å². The van der Waals surface area contributed by atoms with Gasteiger partial charge in [-0.2, -0.15) is 8.78 Å². The average Bonchev–Trinajstić information content (AvgIpc) is 3.43. The molecule has 1 aliphatic rings. The number of fused-ring (bicyclic) bond motifs is 1. The molecule has 0 aromatic carbocycles. The van der Waals surface area contributed by atoms with E-state index in [1.54, 1.807) is 23.0 Å². The Bertz CT molecular complexity index is 1220. The highest BCUT2D eigenvalue weighted by Gasteiger charge is 2.32. The Balaban J connectivity index is 1.85. The first-order chi connectivity index (χ1) is 16.6. The fourth-order valence-electron chi connectivity index (χ4n) is 4.59. The fourth-order valence-corrected chi connectivity index (χ4v) is 4.59. The van der Waals surface area contributed by atoms with Crippen LogP contribution < -0.4 is 10.2 Å². The number of hydrogen-bond acceptors (Lipinski definition) is 7. The molecule has 35 heavy (non-hydrogen) atoms. The highest BCUT2D eigenvalue weighted by atomic mass is 19.3. The van der Waals surface area contributed by atoms with Crippen molar-refractivity contribution in [2.75, 3.05) is 36.4 Å². The molecule has 3 aromatic heterocycles. The van der Waals surface area contributed by atoms with Gasteiger partial charge in [0.25, 0.3) is 0 Å². The number of carbonyl (C=O) groups is 1. The number of anilines is 2. The van der Waals surface area contributed by atoms with Gasteiger partial charge in [0.2, 0.25) is 11.7 Å². The van der Waals surface area contributed by atoms with E-state index in [-0.39, 0.29) is 11.7 Å². The maximum Gasteiger partial charge on any atom is 0.303 e. The molecular formula is C24H32F2N8O. The van der Waals surface area contributed by atoms with Crippen LogP contribution in [0.2, 0.25) is 0 Å². The second-order valence-corrected chi connectivity index (χ2v) is 8.90. The van der Waals surface area contributed by atoms with Crippen LogP contribution in [-0.2, 0) is 17.1 Å². The maximum absolute atomic E-state index is 14.2. The van der Waals surface area contributed by atoms with Crippen molar-refractivity contribution >= 4 is 28.4 Å². The third kappa shape index (κ3) is 5.09. The lowest BCUT2D eigenvalue weighted by Gasteiger charge is -2.26. The summed E-state index contributed by atoms with van der Waals surface area (Å²) in [7, 11) is 0. The number of aromatic nitrogens is 5. The van der Waals surface area contributed by atoms with Gasteiger partial charge < -0.3 is 10.2 Å². The van der Waals surface area contributed by atoms with Crippen molar-refractivity contribution in [2.24, 2.45) is 0 Å². The summed E-state index contributed by atoms with van der Waals surface area (Å²) >= 11 is 0. The van der Waals surface area contributed by atoms with Crippen LogP contribution in [0.25, 0.3) is 16.7 Å². The van der Waals surface area contributed by atoms with Gasteiger partial charge in [0, 0.05) is 57.0 Å². The summed E-state index contributed by atoms with van der Waals surface area (Å²) in [5.74, 6) is -2.67. The van der Waals surface area contributed by atoms with Crippen LogP contribution in [0.3, 0.4) is 0 Å². The second kappa shape index (κ2) is 9.80. The van der Waals surface area contributed by atoms with E-state index in [9.17, 15) is 13.6 Å². The number of nitrogens with zero attached hydrogens (tertiary/aromatic N) is 7. The molecule has 9 nitrogen and oxygen atoms in total. The lowest BCUT2D eigenvalue weighted by Crippen LogP contribution is -2.37. The minimum atomic E-state index is -3.19. The topological polar surface area (TPSA) is 92.1 Å². The average molecular weight is 487 g/mol. The molecule has 4 rings (SSSR count). The molecule has 1 fully saturated rings. The SMILES string of the molecule is CCc1cc(-n2nc(N3CCC(N(CC)CC)C3)c3cnc(NC(C)=O)cc32)nc(C(C)(F)F)n1. The summed E-state index contributed by atoms with van der Waals surface area (Å²) in [4.78, 5) is 28.9. The Hall–Kier alpha value is -3.21. The van der Waals surface area contributed by atoms with E-state index in [2.05, 4.69) is 43.9 Å². The molecular weight excluding hydrogens is 454 g/mol. The number of likely N-dealkylation sites (N-methyl/N-ethyl adjacent to an activating group) is 1. The molecule has 0 spiro atoms. The number of amides is 1. The smallest absolute Gasteiger partial charge is 0.303 e. The predicted octanol–water partition coefficient (Wildman–Crippen LogP) is 3.76. The molecule has 1 atom stereocenters. The molecule has 4 heterocycles. The van der Waals surface area contributed by atoms with Crippen LogP contribution in [0, 0.1) is 0 Å². The summed E-state index contributed by atoms with van der Waals surface area (Å²) in [6, 6.07) is 3.78. The van der Waals surface area contributed by atoms with Crippen LogP contribution in [0.5, 0.6) is 0 Å². The van der Waals surface area contributed by atoms with Gasteiger partial charge in [0.05, 0.1) is 10.9 Å². The van der Waals surface area contributed by atoms with Crippen LogP contribution >= 0.6 is 0 Å². The quantitative estimate of drug-likeness (QED) is 0.518. The van der Waals surface area contributed by atoms with E-state index in [0.29, 0.717) is 29.5 Å². The number of halogens is 2. The van der Waals surface area contributed by atoms with Gasteiger partial charge in [-0.25, -0.2) is 19.6 Å². The number of pyridine rings is 1. The zero-order valence-electron chi connectivity index (χ0n) is 20.8. The van der Waals surface area contributed by atoms with Gasteiger partial charge in [-0.3, -0.25) is 9.69 Å². The standard InChI is InChI=1S/C24H32F2N8O/c1-6-16-11-21(30-23(29-16)24(5,25)26)34-19-12-20(28-15(4)35)27-13-18(19)22(31-34)33-10-9-17(14-33)32(7-2)8-3/h11-13,17H,6-10,14H2,1-5H3,(H,27,28,35). The molecule has 0 bridgehead atoms. The van der Waals surface area contributed by atoms with Crippen LogP contribution in [0.15, 0.2) is 18.3 Å². The minimum absolute atomic E-state index is 0.254. The van der Waals surface area contributed by atoms with Gasteiger partial charge in [0.1, 0.15) is 5.82 Å². The van der Waals surface area contributed by atoms with E-state index >= 15 is 0 Å². The van der Waals surface area contributed by atoms with Gasteiger partial charge >= 0.3 is 5.92 Å². The highest BCUT2D eigenvalue weighted by molar-refractivity contribution is 5.95. The summed E-state index contributed by atoms with van der Waals surface area (Å²) in [5.41, 5.74) is 1.12. The normalized spacial score (nSPS) is 16.5. The molecule has 11 heteroatoms. The van der Waals surface area contributed by atoms with Crippen LogP contribution in [0.4, 0.5) is 20.4 Å². The van der Waals surface area contributed by atoms with E-state index in [1.165, 1.54) is 6.92 Å². The number of rotatable bonds is 8. The maximum atomic E-state index is 14.2. The number of carbonyl (C=O) groups excluding carboxylic acids is 1. The van der Waals surface area contributed by atoms with Crippen LogP contribution in [-0.4, -0.2) is 67.8 Å². The van der Waals surface area contributed by atoms with Crippen LogP contribution in [0.1, 0.15) is 52.6 Å². The number of alkyl halides is 2. The first-order valence-electron chi connectivity index (χ1n) is 12.1. The highest BCUT2D eigenvalue weighted by Crippen LogP contribution is 2.33. The molecule has 1 N–H and O–H groups in total. The van der Waals surface area contributed by atoms with Gasteiger partial charge in [-0.05, 0) is 25.9 Å². The van der Waals surface area contributed by atoms with Crippen molar-refractivity contribution in [3.63, 3.8) is 0 Å². The van der Waals surface area contributed by atoms with Crippen molar-refractivity contribution in [2.45, 2.75) is 59.4 Å². The van der Waals surface area contributed by atoms with E-state index in [4.69, 9.17) is 5.10 Å². The second-order valence-electron chi connectivity index (χ2n) is 8.90. The molecule has 3 aromatic rings. The van der Waals surface area contributed by atoms with Crippen molar-refractivity contribution in [3.05, 3.63) is 29.8 Å². The molecule has 1 saturated heterocycles. The monoisotopic (exact) mass is 486 g/mol. The molecule has 0 saturated carbocycles. The Morgan fingerprint density at radius 1 is 1.23 bits per heavy atom. The summed E-state index contributed by atoms with van der Waals surface area (Å²) in [6.07, 6.45) is 3.15. The summed E-state index contributed by atoms with van der Waals surface area (Å²) < 4.78 is 30.0. The molecule has 1 aliphatic heterocycles. The van der Waals surface area contributed by atoms with Crippen molar-refractivity contribution in [1.82, 2.24) is 29.6 Å². The number of hydrogen-bond donors (Lipinski definition) is 1. The molecule has 1 unspecified atom stereocenters. The summed E-state index contributed by atoms with van der Waals surface area (Å²) in [5, 5.41) is 8.29. The summed E-state index contributed by atoms with van der Waals surface area (Å²) in [6.45, 7) is 11.9. The van der Waals surface area contributed by atoms with Gasteiger partial charge in [0.15, 0.2) is 11.6 Å². The molecule has 0 radical (unpaired) electrons. The number of nitrogens with one attached hydrogen (secondary N) is 1. The van der Waals surface area contributed by atoms with E-state index < -0.39 is 11.7 Å². The largest absolute Gasteiger partial charge is 0.353 e. The lowest BCUT2D eigenvalue weighted by molar-refractivity contribution is -0.114. The first kappa shape index (κ1) is 24.9. The Morgan fingerprint density at radius 3 is 2.60 bits per heavy atom. The van der Waals surface area contributed by atoms with Crippen molar-refractivity contribution < 1.29 is 13.6 Å². The predicted molar refractivity (Wildman–Crippen MR) is 131 cm³/mol. The number of aryl methyl sites for hydroxylation is 1. The Kier molecular flexibility index (Phi) is 6.98. The molecule has 1 amide bonds. The molecule has 188 valence electrons. The van der Waals surface area contributed by atoms with Gasteiger partial charge in [-0.15, -0.1) is 5.10 Å². The fraction of sp³-hybridized carbons (Fsp3) is 0.542. The minimum Gasteiger partial charge on any atom is -0.353 e. The zero-order chi connectivity index (χ0) is 25.3. The molecule has 0 aliphatic carbocycles. The van der Waals surface area contributed by atoms with Crippen molar-refractivity contribution in [1.29, 1.82) is 0 Å². The van der Waals surface area contributed by atoms with Gasteiger partial charge in [-0.1, -0.05) is 20.8 Å². The van der Waals surface area contributed by atoms with Crippen molar-refractivity contribution in [3.8, 4) is 5.82 Å². The van der Waals surface area contributed by atoms with E-state index in [0.717, 1.165) is 50.7 Å².